The van der Waals surface area contributed by atoms with Crippen LogP contribution in [0.25, 0.3) is 0 Å². The van der Waals surface area contributed by atoms with Crippen LogP contribution in [0.5, 0.6) is 0 Å². The SMILES string of the molecule is CCC(C)NC(=O)c1cc(NC(=O)c2ccc(C)cc2)ccc1N1CCCC1. The molecule has 0 radical (unpaired) electrons. The van der Waals surface area contributed by atoms with Crippen LogP contribution in [0, 0.1) is 6.92 Å². The smallest absolute Gasteiger partial charge is 0.255 e. The van der Waals surface area contributed by atoms with Crippen molar-refractivity contribution in [3.05, 3.63) is 59.2 Å². The first-order valence-electron chi connectivity index (χ1n) is 10.1. The van der Waals surface area contributed by atoms with Gasteiger partial charge in [-0.3, -0.25) is 9.59 Å². The number of aryl methyl sites for hydroxylation is 1. The van der Waals surface area contributed by atoms with Crippen LogP contribution < -0.4 is 15.5 Å². The Hall–Kier alpha value is -2.82. The van der Waals surface area contributed by atoms with Crippen molar-refractivity contribution in [1.82, 2.24) is 5.32 Å². The molecule has 28 heavy (non-hydrogen) atoms. The van der Waals surface area contributed by atoms with Gasteiger partial charge in [0.15, 0.2) is 0 Å². The molecule has 5 nitrogen and oxygen atoms in total. The molecule has 1 saturated heterocycles. The van der Waals surface area contributed by atoms with Crippen LogP contribution in [0.1, 0.15) is 59.4 Å². The zero-order valence-corrected chi connectivity index (χ0v) is 16.9. The molecule has 1 heterocycles. The first kappa shape index (κ1) is 19.9. The highest BCUT2D eigenvalue weighted by molar-refractivity contribution is 6.06. The van der Waals surface area contributed by atoms with Gasteiger partial charge in [0.05, 0.1) is 5.56 Å². The van der Waals surface area contributed by atoms with Gasteiger partial charge >= 0.3 is 0 Å². The van der Waals surface area contributed by atoms with Crippen LogP contribution in [-0.2, 0) is 0 Å². The summed E-state index contributed by atoms with van der Waals surface area (Å²) in [6.45, 7) is 7.94. The van der Waals surface area contributed by atoms with Crippen LogP contribution >= 0.6 is 0 Å². The van der Waals surface area contributed by atoms with Gasteiger partial charge in [0.2, 0.25) is 0 Å². The standard InChI is InChI=1S/C23H29N3O2/c1-4-17(3)24-23(28)20-15-19(11-12-21(20)26-13-5-6-14-26)25-22(27)18-9-7-16(2)8-10-18/h7-12,15,17H,4-6,13-14H2,1-3H3,(H,24,28)(H,25,27). The second-order valence-electron chi connectivity index (χ2n) is 7.53. The zero-order chi connectivity index (χ0) is 20.1. The Morgan fingerprint density at radius 3 is 2.36 bits per heavy atom. The lowest BCUT2D eigenvalue weighted by molar-refractivity contribution is 0.0938. The molecule has 0 saturated carbocycles. The minimum absolute atomic E-state index is 0.0947. The Labute approximate surface area is 167 Å². The molecule has 0 bridgehead atoms. The number of rotatable bonds is 6. The summed E-state index contributed by atoms with van der Waals surface area (Å²) in [6, 6.07) is 13.1. The van der Waals surface area contributed by atoms with Crippen molar-refractivity contribution in [1.29, 1.82) is 0 Å². The molecule has 0 aromatic heterocycles. The summed E-state index contributed by atoms with van der Waals surface area (Å²) in [5.74, 6) is -0.273. The first-order valence-corrected chi connectivity index (χ1v) is 10.1. The largest absolute Gasteiger partial charge is 0.371 e. The number of carbonyl (C=O) groups is 2. The summed E-state index contributed by atoms with van der Waals surface area (Å²) in [5.41, 5.74) is 3.88. The lowest BCUT2D eigenvalue weighted by atomic mass is 10.1. The summed E-state index contributed by atoms with van der Waals surface area (Å²) in [6.07, 6.45) is 3.14. The van der Waals surface area contributed by atoms with Crippen LogP contribution in [0.4, 0.5) is 11.4 Å². The van der Waals surface area contributed by atoms with E-state index in [2.05, 4.69) is 15.5 Å². The number of nitrogens with one attached hydrogen (secondary N) is 2. The predicted molar refractivity (Wildman–Crippen MR) is 114 cm³/mol. The van der Waals surface area contributed by atoms with Gasteiger partial charge in [0, 0.05) is 36.1 Å². The van der Waals surface area contributed by atoms with E-state index < -0.39 is 0 Å². The van der Waals surface area contributed by atoms with Gasteiger partial charge < -0.3 is 15.5 Å². The predicted octanol–water partition coefficient (Wildman–Crippen LogP) is 4.38. The molecular formula is C23H29N3O2. The number of benzene rings is 2. The van der Waals surface area contributed by atoms with Crippen LogP contribution in [-0.4, -0.2) is 30.9 Å². The Kier molecular flexibility index (Phi) is 6.34. The van der Waals surface area contributed by atoms with E-state index >= 15 is 0 Å². The summed E-state index contributed by atoms with van der Waals surface area (Å²) in [5, 5.41) is 5.97. The van der Waals surface area contributed by atoms with Crippen molar-refractivity contribution < 1.29 is 9.59 Å². The molecule has 2 aromatic carbocycles. The van der Waals surface area contributed by atoms with Crippen molar-refractivity contribution >= 4 is 23.2 Å². The highest BCUT2D eigenvalue weighted by Crippen LogP contribution is 2.28. The first-order chi connectivity index (χ1) is 13.5. The third kappa shape index (κ3) is 4.71. The van der Waals surface area contributed by atoms with Crippen molar-refractivity contribution in [2.45, 2.75) is 46.1 Å². The third-order valence-electron chi connectivity index (χ3n) is 5.25. The molecule has 5 heteroatoms. The number of hydrogen-bond donors (Lipinski definition) is 2. The van der Waals surface area contributed by atoms with Gasteiger partial charge in [-0.15, -0.1) is 0 Å². The second kappa shape index (κ2) is 8.91. The summed E-state index contributed by atoms with van der Waals surface area (Å²) in [4.78, 5) is 27.7. The number of amides is 2. The molecule has 0 spiro atoms. The molecule has 2 aromatic rings. The van der Waals surface area contributed by atoms with E-state index in [1.807, 2.05) is 45.0 Å². The topological polar surface area (TPSA) is 61.4 Å². The maximum atomic E-state index is 12.9. The number of carbonyl (C=O) groups excluding carboxylic acids is 2. The molecule has 2 N–H and O–H groups in total. The fraction of sp³-hybridized carbons (Fsp3) is 0.391. The van der Waals surface area contributed by atoms with Gasteiger partial charge in [0.1, 0.15) is 0 Å². The maximum Gasteiger partial charge on any atom is 0.255 e. The Balaban J connectivity index is 1.85. The van der Waals surface area contributed by atoms with Crippen LogP contribution in [0.15, 0.2) is 42.5 Å². The van der Waals surface area contributed by atoms with Crippen molar-refractivity contribution in [2.24, 2.45) is 0 Å². The van der Waals surface area contributed by atoms with E-state index in [9.17, 15) is 9.59 Å². The van der Waals surface area contributed by atoms with Crippen molar-refractivity contribution in [2.75, 3.05) is 23.3 Å². The fourth-order valence-corrected chi connectivity index (χ4v) is 3.34. The summed E-state index contributed by atoms with van der Waals surface area (Å²) < 4.78 is 0. The van der Waals surface area contributed by atoms with Gasteiger partial charge in [0.25, 0.3) is 11.8 Å². The monoisotopic (exact) mass is 379 g/mol. The zero-order valence-electron chi connectivity index (χ0n) is 16.9. The highest BCUT2D eigenvalue weighted by Gasteiger charge is 2.21. The second-order valence-corrected chi connectivity index (χ2v) is 7.53. The average molecular weight is 380 g/mol. The lowest BCUT2D eigenvalue weighted by Crippen LogP contribution is -2.33. The maximum absolute atomic E-state index is 12.9. The molecule has 3 rings (SSSR count). The molecule has 1 aliphatic rings. The molecule has 1 atom stereocenters. The van der Waals surface area contributed by atoms with E-state index in [-0.39, 0.29) is 17.9 Å². The summed E-state index contributed by atoms with van der Waals surface area (Å²) >= 11 is 0. The van der Waals surface area contributed by atoms with Crippen LogP contribution in [0.2, 0.25) is 0 Å². The molecule has 148 valence electrons. The molecule has 1 aliphatic heterocycles. The van der Waals surface area contributed by atoms with Gasteiger partial charge in [-0.05, 0) is 63.4 Å². The lowest BCUT2D eigenvalue weighted by Gasteiger charge is -2.23. The van der Waals surface area contributed by atoms with E-state index in [0.717, 1.165) is 43.6 Å². The van der Waals surface area contributed by atoms with Gasteiger partial charge in [-0.2, -0.15) is 0 Å². The van der Waals surface area contributed by atoms with Gasteiger partial charge in [-0.25, -0.2) is 0 Å². The summed E-state index contributed by atoms with van der Waals surface area (Å²) in [7, 11) is 0. The van der Waals surface area contributed by atoms with E-state index in [4.69, 9.17) is 0 Å². The third-order valence-corrected chi connectivity index (χ3v) is 5.25. The minimum atomic E-state index is -0.179. The number of nitrogens with zero attached hydrogens (tertiary/aromatic N) is 1. The average Bonchev–Trinajstić information content (AvgIpc) is 3.22. The molecular weight excluding hydrogens is 350 g/mol. The fourth-order valence-electron chi connectivity index (χ4n) is 3.34. The van der Waals surface area contributed by atoms with E-state index in [1.54, 1.807) is 18.2 Å². The molecule has 1 unspecified atom stereocenters. The molecule has 2 amide bonds. The Morgan fingerprint density at radius 2 is 1.71 bits per heavy atom. The number of anilines is 2. The quantitative estimate of drug-likeness (QED) is 0.783. The normalized spacial score (nSPS) is 14.6. The van der Waals surface area contributed by atoms with Crippen molar-refractivity contribution in [3.8, 4) is 0 Å². The number of hydrogen-bond acceptors (Lipinski definition) is 3. The Bertz CT molecular complexity index is 839. The Morgan fingerprint density at radius 1 is 1.04 bits per heavy atom. The van der Waals surface area contributed by atoms with Crippen molar-refractivity contribution in [3.63, 3.8) is 0 Å². The van der Waals surface area contributed by atoms with E-state index in [0.29, 0.717) is 16.8 Å². The molecule has 0 aliphatic carbocycles. The van der Waals surface area contributed by atoms with Gasteiger partial charge in [-0.1, -0.05) is 24.6 Å². The minimum Gasteiger partial charge on any atom is -0.371 e. The molecule has 1 fully saturated rings. The highest BCUT2D eigenvalue weighted by atomic mass is 16.2. The van der Waals surface area contributed by atoms with Crippen LogP contribution in [0.3, 0.4) is 0 Å². The van der Waals surface area contributed by atoms with E-state index in [1.165, 1.54) is 0 Å².